The number of benzene rings is 2. The molecule has 0 aliphatic carbocycles. The van der Waals surface area contributed by atoms with Gasteiger partial charge in [-0.2, -0.15) is 0 Å². The Balaban J connectivity index is 1.13. The monoisotopic (exact) mass is 1020 g/mol. The summed E-state index contributed by atoms with van der Waals surface area (Å²) in [5, 5.41) is 8.28. The van der Waals surface area contributed by atoms with Crippen LogP contribution in [0.1, 0.15) is 88.8 Å². The van der Waals surface area contributed by atoms with Crippen LogP contribution in [0.4, 0.5) is 0 Å². The Morgan fingerprint density at radius 2 is 0.853 bits per heavy atom. The molecule has 8 aromatic rings. The van der Waals surface area contributed by atoms with Gasteiger partial charge in [-0.15, -0.1) is 68.0 Å². The molecule has 2 aromatic carbocycles. The number of methoxy groups -OCH3 is 4. The van der Waals surface area contributed by atoms with Crippen LogP contribution in [0.5, 0.6) is 23.0 Å². The molecule has 0 bridgehead atoms. The Bertz CT molecular complexity index is 2950. The fourth-order valence-corrected chi connectivity index (χ4v) is 16.7. The molecule has 68 heavy (non-hydrogen) atoms. The van der Waals surface area contributed by atoms with E-state index in [1.807, 2.05) is 9.80 Å². The van der Waals surface area contributed by atoms with Crippen molar-refractivity contribution in [3.8, 4) is 42.5 Å². The van der Waals surface area contributed by atoms with Gasteiger partial charge in [0.1, 0.15) is 23.0 Å². The number of carbonyl (C=O) groups excluding carboxylic acids is 2. The van der Waals surface area contributed by atoms with Gasteiger partial charge < -0.3 is 28.7 Å². The van der Waals surface area contributed by atoms with Crippen LogP contribution < -0.4 is 18.9 Å². The second-order valence-electron chi connectivity index (χ2n) is 17.6. The zero-order chi connectivity index (χ0) is 47.4. The summed E-state index contributed by atoms with van der Waals surface area (Å²) in [7, 11) is 6.93. The molecule has 0 saturated heterocycles. The highest BCUT2D eigenvalue weighted by Gasteiger charge is 2.50. The van der Waals surface area contributed by atoms with Crippen molar-refractivity contribution in [1.82, 2.24) is 9.80 Å². The lowest BCUT2D eigenvalue weighted by atomic mass is 9.98. The van der Waals surface area contributed by atoms with Gasteiger partial charge in [0.05, 0.1) is 79.5 Å². The van der Waals surface area contributed by atoms with Gasteiger partial charge in [-0.1, -0.05) is 66.2 Å². The van der Waals surface area contributed by atoms with Gasteiger partial charge in [-0.3, -0.25) is 9.59 Å². The Morgan fingerprint density at radius 3 is 1.22 bits per heavy atom. The Hall–Kier alpha value is -4.70. The number of unbranched alkanes of at least 4 members (excludes halogenated alkanes) is 2. The van der Waals surface area contributed by atoms with E-state index in [0.717, 1.165) is 155 Å². The summed E-state index contributed by atoms with van der Waals surface area (Å²) in [6, 6.07) is 17.2. The second-order valence-corrected chi connectivity index (χ2v) is 23.7. The van der Waals surface area contributed by atoms with Crippen LogP contribution in [0.3, 0.4) is 0 Å². The number of carbonyl (C=O) groups is 2. The number of thiophene rings is 6. The minimum absolute atomic E-state index is 0.0740. The van der Waals surface area contributed by atoms with Crippen molar-refractivity contribution in [2.45, 2.75) is 79.1 Å². The molecule has 10 rings (SSSR count). The number of fused-ring (bicyclic) bond motifs is 5. The maximum absolute atomic E-state index is 15.6. The molecular formula is C54H56N2O6S6. The molecule has 8 heterocycles. The maximum atomic E-state index is 15.6. The molecular weight excluding hydrogens is 965 g/mol. The van der Waals surface area contributed by atoms with Crippen molar-refractivity contribution in [2.75, 3.05) is 41.5 Å². The molecule has 0 fully saturated rings. The Kier molecular flexibility index (Phi) is 13.5. The predicted octanol–water partition coefficient (Wildman–Crippen LogP) is 16.3. The molecule has 2 amide bonds. The smallest absolute Gasteiger partial charge is 0.261 e. The molecule has 0 radical (unpaired) electrons. The molecule has 354 valence electrons. The van der Waals surface area contributed by atoms with Gasteiger partial charge >= 0.3 is 0 Å². The summed E-state index contributed by atoms with van der Waals surface area (Å²) in [6.45, 7) is 10.0. The molecule has 2 aliphatic rings. The molecule has 6 aromatic heterocycles. The van der Waals surface area contributed by atoms with Crippen LogP contribution in [0.15, 0.2) is 70.4 Å². The Morgan fingerprint density at radius 1 is 0.471 bits per heavy atom. The van der Waals surface area contributed by atoms with E-state index in [1.165, 1.54) is 0 Å². The van der Waals surface area contributed by atoms with E-state index in [2.05, 4.69) is 87.0 Å². The van der Waals surface area contributed by atoms with E-state index in [1.54, 1.807) is 96.5 Å². The summed E-state index contributed by atoms with van der Waals surface area (Å²) < 4.78 is 28.4. The minimum Gasteiger partial charge on any atom is -0.495 e. The average Bonchev–Trinajstić information content (AvgIpc) is 4.21. The molecule has 14 heteroatoms. The van der Waals surface area contributed by atoms with Crippen molar-refractivity contribution in [2.24, 2.45) is 11.8 Å². The van der Waals surface area contributed by atoms with Crippen molar-refractivity contribution >= 4 is 132 Å². The van der Waals surface area contributed by atoms with Gasteiger partial charge in [0.15, 0.2) is 0 Å². The standard InChI is InChI=1S/C54H56N2O6S6/c1-9-13-15-29(11-3)27-55-43(37-19-17-35(65-37)39-25-33-47(61-7)49-31(21-23-63-49)45(59-5)51(33)67-39)41-42(53(55)57)44(56(54(41)58)28-30(12-4)16-14-10-2)38-20-18-36(66-38)40-26-34-48(62-8)50-32(22-24-64-50)46(60-6)52(34)68-40/h17-26,29-30H,9-16,27-28H2,1-8H3. The zero-order valence-electron chi connectivity index (χ0n) is 39.8. The number of hydrogen-bond donors (Lipinski definition) is 0. The summed E-state index contributed by atoms with van der Waals surface area (Å²) in [5.41, 5.74) is 2.58. The number of amides is 2. The lowest BCUT2D eigenvalue weighted by Crippen LogP contribution is -2.34. The quantitative estimate of drug-likeness (QED) is 0.0757. The second kappa shape index (κ2) is 19.6. The Labute approximate surface area is 422 Å². The predicted molar refractivity (Wildman–Crippen MR) is 291 cm³/mol. The third-order valence-electron chi connectivity index (χ3n) is 13.7. The fourth-order valence-electron chi connectivity index (χ4n) is 10.1. The third kappa shape index (κ3) is 7.78. The number of hydrogen-bond acceptors (Lipinski definition) is 12. The summed E-state index contributed by atoms with van der Waals surface area (Å²) in [4.78, 5) is 41.2. The molecule has 8 nitrogen and oxygen atoms in total. The molecule has 0 spiro atoms. The van der Waals surface area contributed by atoms with Crippen LogP contribution in [0.25, 0.3) is 71.2 Å². The van der Waals surface area contributed by atoms with Crippen molar-refractivity contribution < 1.29 is 28.5 Å². The van der Waals surface area contributed by atoms with E-state index >= 15 is 9.59 Å². The van der Waals surface area contributed by atoms with Crippen molar-refractivity contribution in [1.29, 1.82) is 0 Å². The van der Waals surface area contributed by atoms with E-state index in [-0.39, 0.29) is 11.8 Å². The van der Waals surface area contributed by atoms with Gasteiger partial charge in [0.25, 0.3) is 11.8 Å². The van der Waals surface area contributed by atoms with E-state index in [9.17, 15) is 0 Å². The molecule has 0 saturated carbocycles. The summed E-state index contributed by atoms with van der Waals surface area (Å²) >= 11 is 9.98. The maximum Gasteiger partial charge on any atom is 0.261 e. The van der Waals surface area contributed by atoms with Crippen LogP contribution in [0.2, 0.25) is 0 Å². The first-order valence-electron chi connectivity index (χ1n) is 23.6. The van der Waals surface area contributed by atoms with Crippen LogP contribution in [0, 0.1) is 11.8 Å². The number of rotatable bonds is 20. The SMILES string of the molecule is CCCCC(CC)CN1C(=O)C2=C(c3ccc(-c4cc5c(OC)c6sccc6c(OC)c5s4)s3)N(CC(CC)CCCC)C(=O)C2=C1c1ccc(-c2cc3c(OC)c4sccc4c(OC)c3s2)s1. The highest BCUT2D eigenvalue weighted by molar-refractivity contribution is 7.28. The van der Waals surface area contributed by atoms with Crippen LogP contribution in [-0.4, -0.2) is 63.1 Å². The molecule has 2 aliphatic heterocycles. The molecule has 2 atom stereocenters. The topological polar surface area (TPSA) is 77.5 Å². The summed E-state index contributed by atoms with van der Waals surface area (Å²) in [6.07, 6.45) is 8.31. The normalized spacial score (nSPS) is 15.1. The average molecular weight is 1020 g/mol. The first-order chi connectivity index (χ1) is 33.2. The molecule has 0 N–H and O–H groups in total. The zero-order valence-corrected chi connectivity index (χ0v) is 44.7. The molecule has 2 unspecified atom stereocenters. The lowest BCUT2D eigenvalue weighted by molar-refractivity contribution is -0.124. The van der Waals surface area contributed by atoms with Gasteiger partial charge in [-0.25, -0.2) is 0 Å². The number of nitrogens with zero attached hydrogens (tertiary/aromatic N) is 2. The van der Waals surface area contributed by atoms with Crippen molar-refractivity contribution in [3.05, 3.63) is 80.2 Å². The number of ether oxygens (including phenoxy) is 4. The highest BCUT2D eigenvalue weighted by Crippen LogP contribution is 2.55. The summed E-state index contributed by atoms with van der Waals surface area (Å²) in [5.74, 6) is 3.86. The third-order valence-corrected chi connectivity index (χ3v) is 20.4. The first-order valence-corrected chi connectivity index (χ1v) is 28.7. The largest absolute Gasteiger partial charge is 0.495 e. The van der Waals surface area contributed by atoms with Crippen molar-refractivity contribution in [3.63, 3.8) is 0 Å². The van der Waals surface area contributed by atoms with Gasteiger partial charge in [-0.05, 0) is 84.0 Å². The highest BCUT2D eigenvalue weighted by atomic mass is 32.1. The van der Waals surface area contributed by atoms with E-state index in [4.69, 9.17) is 18.9 Å². The van der Waals surface area contributed by atoms with Crippen LogP contribution in [-0.2, 0) is 9.59 Å². The van der Waals surface area contributed by atoms with E-state index in [0.29, 0.717) is 36.1 Å². The fraction of sp³-hybridized carbons (Fsp3) is 0.370. The first kappa shape index (κ1) is 47.0. The lowest BCUT2D eigenvalue weighted by Gasteiger charge is -2.29. The van der Waals surface area contributed by atoms with Gasteiger partial charge in [0.2, 0.25) is 0 Å². The van der Waals surface area contributed by atoms with Crippen LogP contribution >= 0.6 is 68.0 Å². The van der Waals surface area contributed by atoms with Gasteiger partial charge in [0, 0.05) is 54.1 Å². The minimum atomic E-state index is -0.0740. The van der Waals surface area contributed by atoms with E-state index < -0.39 is 0 Å².